The van der Waals surface area contributed by atoms with Crippen LogP contribution in [0.25, 0.3) is 0 Å². The van der Waals surface area contributed by atoms with Crippen molar-refractivity contribution in [1.29, 1.82) is 0 Å². The van der Waals surface area contributed by atoms with Crippen LogP contribution in [0.5, 0.6) is 5.75 Å². The van der Waals surface area contributed by atoms with Crippen molar-refractivity contribution in [2.75, 3.05) is 0 Å². The predicted molar refractivity (Wildman–Crippen MR) is 71.2 cm³/mol. The van der Waals surface area contributed by atoms with Crippen LogP contribution < -0.4 is 10.1 Å². The Morgan fingerprint density at radius 1 is 1.26 bits per heavy atom. The highest BCUT2D eigenvalue weighted by Gasteiger charge is 2.20. The lowest BCUT2D eigenvalue weighted by molar-refractivity contribution is -0.142. The molecule has 0 spiro atoms. The van der Waals surface area contributed by atoms with Gasteiger partial charge in [-0.1, -0.05) is 12.1 Å². The summed E-state index contributed by atoms with van der Waals surface area (Å²) in [5.74, 6) is -0.895. The molecular weight excluding hydrogens is 246 g/mol. The van der Waals surface area contributed by atoms with Gasteiger partial charge in [-0.3, -0.25) is 9.59 Å². The number of hydrogen-bond acceptors (Lipinski definition) is 3. The lowest BCUT2D eigenvalue weighted by Crippen LogP contribution is -2.44. The van der Waals surface area contributed by atoms with Crippen molar-refractivity contribution in [2.45, 2.75) is 39.8 Å². The van der Waals surface area contributed by atoms with E-state index < -0.39 is 24.0 Å². The lowest BCUT2D eigenvalue weighted by atomic mass is 10.1. The number of hydrogen-bond donors (Lipinski definition) is 2. The van der Waals surface area contributed by atoms with Crippen LogP contribution in [0.15, 0.2) is 18.2 Å². The number of carboxylic acid groups (broad SMARTS) is 1. The Labute approximate surface area is 112 Å². The number of carboxylic acids is 1. The smallest absolute Gasteiger partial charge is 0.325 e. The van der Waals surface area contributed by atoms with Gasteiger partial charge in [0.05, 0.1) is 0 Å². The molecule has 0 aliphatic heterocycles. The molecular formula is C14H19NO4. The Bertz CT molecular complexity index is 484. The molecule has 0 aliphatic rings. The quantitative estimate of drug-likeness (QED) is 0.849. The predicted octanol–water partition coefficient (Wildman–Crippen LogP) is 1.66. The van der Waals surface area contributed by atoms with Gasteiger partial charge in [-0.05, 0) is 44.9 Å². The standard InChI is InChI=1S/C14H19NO4/c1-8-5-6-9(2)12(7-8)19-11(4)13(16)15-10(3)14(17)18/h5-7,10-11H,1-4H3,(H,15,16)(H,17,18). The minimum Gasteiger partial charge on any atom is -0.481 e. The van der Waals surface area contributed by atoms with Gasteiger partial charge in [0.25, 0.3) is 5.91 Å². The molecule has 0 fully saturated rings. The van der Waals surface area contributed by atoms with E-state index >= 15 is 0 Å². The van der Waals surface area contributed by atoms with E-state index in [1.165, 1.54) is 6.92 Å². The van der Waals surface area contributed by atoms with E-state index in [0.29, 0.717) is 5.75 Å². The summed E-state index contributed by atoms with van der Waals surface area (Å²) in [6, 6.07) is 4.78. The van der Waals surface area contributed by atoms with E-state index in [2.05, 4.69) is 5.32 Å². The van der Waals surface area contributed by atoms with Gasteiger partial charge in [-0.15, -0.1) is 0 Å². The average Bonchev–Trinajstić information content (AvgIpc) is 2.33. The summed E-state index contributed by atoms with van der Waals surface area (Å²) in [4.78, 5) is 22.4. The Hall–Kier alpha value is -2.04. The molecule has 0 aliphatic carbocycles. The van der Waals surface area contributed by atoms with Crippen LogP contribution in [0.1, 0.15) is 25.0 Å². The maximum absolute atomic E-state index is 11.8. The van der Waals surface area contributed by atoms with E-state index in [9.17, 15) is 9.59 Å². The second kappa shape index (κ2) is 6.22. The fourth-order valence-corrected chi connectivity index (χ4v) is 1.47. The Kier molecular flexibility index (Phi) is 4.92. The highest BCUT2D eigenvalue weighted by Crippen LogP contribution is 2.20. The Morgan fingerprint density at radius 2 is 1.89 bits per heavy atom. The maximum Gasteiger partial charge on any atom is 0.325 e. The molecule has 0 radical (unpaired) electrons. The van der Waals surface area contributed by atoms with Crippen molar-refractivity contribution in [3.8, 4) is 5.75 Å². The van der Waals surface area contributed by atoms with Gasteiger partial charge in [0.15, 0.2) is 6.10 Å². The van der Waals surface area contributed by atoms with Crippen LogP contribution in [-0.4, -0.2) is 29.1 Å². The molecule has 5 nitrogen and oxygen atoms in total. The number of rotatable bonds is 5. The van der Waals surface area contributed by atoms with Crippen molar-refractivity contribution in [1.82, 2.24) is 5.32 Å². The minimum absolute atomic E-state index is 0.448. The summed E-state index contributed by atoms with van der Waals surface area (Å²) in [5.41, 5.74) is 1.96. The van der Waals surface area contributed by atoms with Gasteiger partial charge in [-0.25, -0.2) is 0 Å². The fourth-order valence-electron chi connectivity index (χ4n) is 1.47. The first-order valence-corrected chi connectivity index (χ1v) is 6.08. The van der Waals surface area contributed by atoms with E-state index in [1.807, 2.05) is 32.0 Å². The fraction of sp³-hybridized carbons (Fsp3) is 0.429. The van der Waals surface area contributed by atoms with E-state index in [-0.39, 0.29) is 0 Å². The Balaban J connectivity index is 2.68. The first kappa shape index (κ1) is 15.0. The molecule has 1 aromatic carbocycles. The highest BCUT2D eigenvalue weighted by molar-refractivity contribution is 5.86. The molecule has 104 valence electrons. The number of benzene rings is 1. The number of ether oxygens (including phenoxy) is 1. The van der Waals surface area contributed by atoms with E-state index in [0.717, 1.165) is 11.1 Å². The molecule has 5 heteroatoms. The summed E-state index contributed by atoms with van der Waals surface area (Å²) >= 11 is 0. The molecule has 0 saturated heterocycles. The van der Waals surface area contributed by atoms with Gasteiger partial charge in [0.2, 0.25) is 0 Å². The van der Waals surface area contributed by atoms with Crippen molar-refractivity contribution < 1.29 is 19.4 Å². The van der Waals surface area contributed by atoms with Crippen molar-refractivity contribution in [2.24, 2.45) is 0 Å². The van der Waals surface area contributed by atoms with Gasteiger partial charge in [-0.2, -0.15) is 0 Å². The number of aryl methyl sites for hydroxylation is 2. The van der Waals surface area contributed by atoms with Crippen molar-refractivity contribution in [3.63, 3.8) is 0 Å². The summed E-state index contributed by atoms with van der Waals surface area (Å²) in [7, 11) is 0. The van der Waals surface area contributed by atoms with Crippen molar-refractivity contribution >= 4 is 11.9 Å². The number of amides is 1. The van der Waals surface area contributed by atoms with Gasteiger partial charge in [0, 0.05) is 0 Å². The third kappa shape index (κ3) is 4.28. The maximum atomic E-state index is 11.8. The first-order chi connectivity index (χ1) is 8.81. The SMILES string of the molecule is Cc1ccc(C)c(OC(C)C(=O)NC(C)C(=O)O)c1. The number of aliphatic carboxylic acids is 1. The number of carbonyl (C=O) groups excluding carboxylic acids is 1. The third-order valence-corrected chi connectivity index (χ3v) is 2.75. The molecule has 1 rings (SSSR count). The second-order valence-corrected chi connectivity index (χ2v) is 4.60. The summed E-state index contributed by atoms with van der Waals surface area (Å²) in [5, 5.41) is 11.1. The number of carbonyl (C=O) groups is 2. The van der Waals surface area contributed by atoms with E-state index in [4.69, 9.17) is 9.84 Å². The van der Waals surface area contributed by atoms with E-state index in [1.54, 1.807) is 6.92 Å². The van der Waals surface area contributed by atoms with Crippen LogP contribution in [0, 0.1) is 13.8 Å². The molecule has 0 saturated carbocycles. The second-order valence-electron chi connectivity index (χ2n) is 4.60. The topological polar surface area (TPSA) is 75.6 Å². The Morgan fingerprint density at radius 3 is 2.47 bits per heavy atom. The average molecular weight is 265 g/mol. The zero-order chi connectivity index (χ0) is 14.6. The highest BCUT2D eigenvalue weighted by atomic mass is 16.5. The molecule has 0 aromatic heterocycles. The zero-order valence-electron chi connectivity index (χ0n) is 11.6. The van der Waals surface area contributed by atoms with Crippen LogP contribution in [-0.2, 0) is 9.59 Å². The molecule has 2 N–H and O–H groups in total. The minimum atomic E-state index is -1.08. The molecule has 2 atom stereocenters. The third-order valence-electron chi connectivity index (χ3n) is 2.75. The van der Waals surface area contributed by atoms with Gasteiger partial charge in [0.1, 0.15) is 11.8 Å². The molecule has 0 heterocycles. The molecule has 0 bridgehead atoms. The van der Waals surface area contributed by atoms with Crippen LogP contribution in [0.3, 0.4) is 0 Å². The molecule has 2 unspecified atom stereocenters. The summed E-state index contributed by atoms with van der Waals surface area (Å²) in [6.07, 6.45) is -0.748. The van der Waals surface area contributed by atoms with Gasteiger partial charge >= 0.3 is 5.97 Å². The first-order valence-electron chi connectivity index (χ1n) is 6.08. The molecule has 19 heavy (non-hydrogen) atoms. The van der Waals surface area contributed by atoms with Crippen LogP contribution in [0.2, 0.25) is 0 Å². The number of nitrogens with one attached hydrogen (secondary N) is 1. The van der Waals surface area contributed by atoms with Gasteiger partial charge < -0.3 is 15.2 Å². The molecule has 1 amide bonds. The summed E-state index contributed by atoms with van der Waals surface area (Å²) < 4.78 is 5.56. The summed E-state index contributed by atoms with van der Waals surface area (Å²) in [6.45, 7) is 6.82. The molecule has 1 aromatic rings. The largest absolute Gasteiger partial charge is 0.481 e. The van der Waals surface area contributed by atoms with Crippen LogP contribution >= 0.6 is 0 Å². The monoisotopic (exact) mass is 265 g/mol. The van der Waals surface area contributed by atoms with Crippen LogP contribution in [0.4, 0.5) is 0 Å². The zero-order valence-corrected chi connectivity index (χ0v) is 11.6. The lowest BCUT2D eigenvalue weighted by Gasteiger charge is -2.18. The van der Waals surface area contributed by atoms with Crippen molar-refractivity contribution in [3.05, 3.63) is 29.3 Å². The normalized spacial score (nSPS) is 13.5.